The first-order valence-corrected chi connectivity index (χ1v) is 5.52. The summed E-state index contributed by atoms with van der Waals surface area (Å²) in [6, 6.07) is 0.726. The van der Waals surface area contributed by atoms with E-state index in [1.54, 1.807) is 0 Å². The highest BCUT2D eigenvalue weighted by Gasteiger charge is 2.38. The summed E-state index contributed by atoms with van der Waals surface area (Å²) in [5.41, 5.74) is -3.63. The van der Waals surface area contributed by atoms with Crippen LogP contribution in [0, 0.1) is 0 Å². The largest absolute Gasteiger partial charge is 0.433 e. The van der Waals surface area contributed by atoms with Gasteiger partial charge in [-0.3, -0.25) is 0 Å². The molecule has 1 rings (SSSR count). The Morgan fingerprint density at radius 1 is 1.25 bits per heavy atom. The highest BCUT2D eigenvalue weighted by molar-refractivity contribution is 5.74. The van der Waals surface area contributed by atoms with Crippen LogP contribution < -0.4 is 0 Å². The molecule has 0 saturated heterocycles. The van der Waals surface area contributed by atoms with Crippen molar-refractivity contribution >= 4 is 11.6 Å². The fourth-order valence-corrected chi connectivity index (χ4v) is 1.64. The molecule has 1 aromatic rings. The Bertz CT molecular complexity index is 539. The van der Waals surface area contributed by atoms with Gasteiger partial charge in [0, 0.05) is 5.56 Å². The van der Waals surface area contributed by atoms with Crippen LogP contribution in [0.25, 0.3) is 11.6 Å². The van der Waals surface area contributed by atoms with Crippen molar-refractivity contribution in [1.29, 1.82) is 0 Å². The molecule has 0 spiro atoms. The molecule has 0 saturated carbocycles. The van der Waals surface area contributed by atoms with E-state index < -0.39 is 29.3 Å². The molecule has 1 aromatic heterocycles. The molecule has 110 valence electrons. The number of rotatable bonds is 3. The number of alkyl halides is 6. The summed E-state index contributed by atoms with van der Waals surface area (Å²) in [6.07, 6.45) is -8.52. The van der Waals surface area contributed by atoms with Gasteiger partial charge in [0.25, 0.3) is 0 Å². The third kappa shape index (κ3) is 3.20. The minimum absolute atomic E-state index is 0.0807. The third-order valence-corrected chi connectivity index (χ3v) is 2.65. The van der Waals surface area contributed by atoms with E-state index in [1.807, 2.05) is 0 Å². The second kappa shape index (κ2) is 5.30. The number of nitrogens with zero attached hydrogens (tertiary/aromatic N) is 1. The van der Waals surface area contributed by atoms with Gasteiger partial charge in [0.05, 0.1) is 11.3 Å². The maximum Gasteiger partial charge on any atom is 0.433 e. The lowest BCUT2D eigenvalue weighted by atomic mass is 9.98. The van der Waals surface area contributed by atoms with E-state index in [4.69, 9.17) is 0 Å². The molecule has 0 radical (unpaired) electrons. The van der Waals surface area contributed by atoms with Gasteiger partial charge < -0.3 is 0 Å². The van der Waals surface area contributed by atoms with E-state index in [0.717, 1.165) is 12.1 Å². The van der Waals surface area contributed by atoms with E-state index >= 15 is 0 Å². The van der Waals surface area contributed by atoms with Crippen molar-refractivity contribution < 1.29 is 26.3 Å². The zero-order chi connectivity index (χ0) is 15.7. The van der Waals surface area contributed by atoms with E-state index in [-0.39, 0.29) is 17.5 Å². The molecular formula is C13H11F6N. The van der Waals surface area contributed by atoms with E-state index in [1.165, 1.54) is 6.92 Å². The topological polar surface area (TPSA) is 12.9 Å². The number of hydrogen-bond acceptors (Lipinski definition) is 1. The molecule has 0 aliphatic carbocycles. The predicted octanol–water partition coefficient (Wildman–Crippen LogP) is 4.88. The average molecular weight is 295 g/mol. The van der Waals surface area contributed by atoms with Gasteiger partial charge in [0.1, 0.15) is 5.69 Å². The Hall–Kier alpha value is -1.79. The summed E-state index contributed by atoms with van der Waals surface area (Å²) < 4.78 is 76.0. The van der Waals surface area contributed by atoms with Crippen LogP contribution in [-0.4, -0.2) is 11.2 Å². The van der Waals surface area contributed by atoms with Crippen molar-refractivity contribution in [2.75, 3.05) is 0 Å². The maximum atomic E-state index is 12.7. The van der Waals surface area contributed by atoms with Gasteiger partial charge in [-0.05, 0) is 18.1 Å². The van der Waals surface area contributed by atoms with Crippen LogP contribution in [-0.2, 0) is 12.6 Å². The number of hydrogen-bond donors (Lipinski definition) is 0. The zero-order valence-electron chi connectivity index (χ0n) is 10.5. The molecule has 1 heterocycles. The van der Waals surface area contributed by atoms with Gasteiger partial charge in [0.2, 0.25) is 0 Å². The molecule has 0 aromatic carbocycles. The van der Waals surface area contributed by atoms with Crippen LogP contribution in [0.2, 0.25) is 0 Å². The molecule has 0 amide bonds. The van der Waals surface area contributed by atoms with E-state index in [9.17, 15) is 26.3 Å². The molecule has 0 aliphatic rings. The van der Waals surface area contributed by atoms with Gasteiger partial charge in [-0.15, -0.1) is 0 Å². The highest BCUT2D eigenvalue weighted by atomic mass is 19.4. The summed E-state index contributed by atoms with van der Waals surface area (Å²) in [5.74, 6) is 0. The van der Waals surface area contributed by atoms with E-state index in [2.05, 4.69) is 18.1 Å². The average Bonchev–Trinajstić information content (AvgIpc) is 2.33. The van der Waals surface area contributed by atoms with Crippen molar-refractivity contribution in [2.24, 2.45) is 0 Å². The number of aromatic nitrogens is 1. The summed E-state index contributed by atoms with van der Waals surface area (Å²) in [7, 11) is 0. The molecule has 0 atom stereocenters. The number of aryl methyl sites for hydroxylation is 1. The van der Waals surface area contributed by atoms with Crippen molar-refractivity contribution in [3.8, 4) is 0 Å². The molecule has 1 nitrogen and oxygen atoms in total. The molecule has 7 heteroatoms. The number of pyridine rings is 1. The van der Waals surface area contributed by atoms with Crippen LogP contribution in [0.15, 0.2) is 19.2 Å². The molecule has 20 heavy (non-hydrogen) atoms. The van der Waals surface area contributed by atoms with Gasteiger partial charge in [0.15, 0.2) is 0 Å². The lowest BCUT2D eigenvalue weighted by Gasteiger charge is -2.17. The number of halogens is 6. The Balaban J connectivity index is 3.63. The van der Waals surface area contributed by atoms with Gasteiger partial charge >= 0.3 is 12.4 Å². The normalized spacial score (nSPS) is 12.3. The minimum Gasteiger partial charge on any atom is -0.243 e. The summed E-state index contributed by atoms with van der Waals surface area (Å²) in [4.78, 5) is 3.07. The number of allylic oxidation sites excluding steroid dienone is 1. The second-order valence-corrected chi connectivity index (χ2v) is 3.96. The quantitative estimate of drug-likeness (QED) is 0.724. The van der Waals surface area contributed by atoms with Crippen molar-refractivity contribution in [1.82, 2.24) is 4.98 Å². The Labute approximate surface area is 111 Å². The second-order valence-electron chi connectivity index (χ2n) is 3.96. The standard InChI is InChI=1S/C13H11F6N/c1-4-8-6-10(13(17,18)19)20-11(9(8)5-2)7(3)12(14,15)16/h5-6H,2-4H2,1H3. The Morgan fingerprint density at radius 3 is 2.15 bits per heavy atom. The first-order valence-electron chi connectivity index (χ1n) is 5.52. The lowest BCUT2D eigenvalue weighted by Crippen LogP contribution is -2.17. The lowest BCUT2D eigenvalue weighted by molar-refractivity contribution is -0.141. The van der Waals surface area contributed by atoms with Gasteiger partial charge in [-0.25, -0.2) is 4.98 Å². The van der Waals surface area contributed by atoms with Crippen LogP contribution >= 0.6 is 0 Å². The molecule has 0 N–H and O–H groups in total. The minimum atomic E-state index is -4.86. The van der Waals surface area contributed by atoms with Gasteiger partial charge in [-0.1, -0.05) is 26.2 Å². The first-order chi connectivity index (χ1) is 9.02. The van der Waals surface area contributed by atoms with Crippen molar-refractivity contribution in [2.45, 2.75) is 25.7 Å². The summed E-state index contributed by atoms with van der Waals surface area (Å²) >= 11 is 0. The zero-order valence-corrected chi connectivity index (χ0v) is 10.5. The molecule has 0 aliphatic heterocycles. The highest BCUT2D eigenvalue weighted by Crippen LogP contribution is 2.37. The Morgan fingerprint density at radius 2 is 1.80 bits per heavy atom. The Kier molecular flexibility index (Phi) is 4.31. The molecule has 0 bridgehead atoms. The van der Waals surface area contributed by atoms with Gasteiger partial charge in [-0.2, -0.15) is 26.3 Å². The fraction of sp³-hybridized carbons (Fsp3) is 0.308. The van der Waals surface area contributed by atoms with Crippen molar-refractivity contribution in [3.05, 3.63) is 41.7 Å². The third-order valence-electron chi connectivity index (χ3n) is 2.65. The van der Waals surface area contributed by atoms with Crippen LogP contribution in [0.5, 0.6) is 0 Å². The smallest absolute Gasteiger partial charge is 0.243 e. The van der Waals surface area contributed by atoms with E-state index in [0.29, 0.717) is 0 Å². The molecule has 0 fully saturated rings. The van der Waals surface area contributed by atoms with Crippen molar-refractivity contribution in [3.63, 3.8) is 0 Å². The first kappa shape index (κ1) is 16.3. The van der Waals surface area contributed by atoms with Crippen LogP contribution in [0.3, 0.4) is 0 Å². The molecule has 0 unspecified atom stereocenters. The van der Waals surface area contributed by atoms with Crippen LogP contribution in [0.1, 0.15) is 29.4 Å². The summed E-state index contributed by atoms with van der Waals surface area (Å²) in [5, 5.41) is 0. The maximum absolute atomic E-state index is 12.7. The molecular weight excluding hydrogens is 284 g/mol. The monoisotopic (exact) mass is 295 g/mol. The SMILES string of the molecule is C=Cc1c(CC)cc(C(F)(F)F)nc1C(=C)C(F)(F)F. The predicted molar refractivity (Wildman–Crippen MR) is 63.8 cm³/mol. The summed E-state index contributed by atoms with van der Waals surface area (Å²) in [6.45, 7) is 7.66. The van der Waals surface area contributed by atoms with Crippen LogP contribution in [0.4, 0.5) is 26.3 Å². The fourth-order valence-electron chi connectivity index (χ4n) is 1.64.